The maximum atomic E-state index is 12.9. The molecule has 11 heteroatoms. The second-order valence-corrected chi connectivity index (χ2v) is 12.5. The molecule has 0 aromatic heterocycles. The number of aliphatic hydroxyl groups is 4. The summed E-state index contributed by atoms with van der Waals surface area (Å²) in [6.45, 7) is 11.9. The predicted octanol–water partition coefficient (Wildman–Crippen LogP) is 1.44. The number of rotatable bonds is 9. The van der Waals surface area contributed by atoms with Crippen molar-refractivity contribution in [2.45, 2.75) is 147 Å². The van der Waals surface area contributed by atoms with E-state index in [1.165, 1.54) is 0 Å². The Hall–Kier alpha value is -1.05. The standard InChI is InChI=1S/C28H52N2O9/c1-7-11-29-18-12-17(30-27(35)39-28(4,5)6)22(24-15(3)9-10-16(8-2)36-24)23(34)25(18)38-26-20(33)13-19(32)21(14-31)37-26/h15-26,29,31-34H,7-14H2,1-6H3,(H,30,35). The van der Waals surface area contributed by atoms with Gasteiger partial charge in [0.25, 0.3) is 0 Å². The van der Waals surface area contributed by atoms with Crippen LogP contribution < -0.4 is 10.6 Å². The zero-order valence-corrected chi connectivity index (χ0v) is 24.4. The van der Waals surface area contributed by atoms with Crippen molar-refractivity contribution in [3.8, 4) is 0 Å². The molecule has 12 atom stereocenters. The average molecular weight is 561 g/mol. The molecule has 0 bridgehead atoms. The summed E-state index contributed by atoms with van der Waals surface area (Å²) < 4.78 is 24.1. The lowest BCUT2D eigenvalue weighted by Crippen LogP contribution is -2.67. The van der Waals surface area contributed by atoms with Crippen LogP contribution >= 0.6 is 0 Å². The summed E-state index contributed by atoms with van der Waals surface area (Å²) >= 11 is 0. The van der Waals surface area contributed by atoms with Crippen molar-refractivity contribution >= 4 is 6.09 Å². The van der Waals surface area contributed by atoms with Crippen LogP contribution in [0.1, 0.15) is 80.1 Å². The monoisotopic (exact) mass is 560 g/mol. The van der Waals surface area contributed by atoms with Gasteiger partial charge < -0.3 is 50.0 Å². The van der Waals surface area contributed by atoms with Crippen LogP contribution in [0, 0.1) is 11.8 Å². The van der Waals surface area contributed by atoms with Gasteiger partial charge in [-0.1, -0.05) is 20.8 Å². The van der Waals surface area contributed by atoms with E-state index in [4.69, 9.17) is 18.9 Å². The molecule has 0 aromatic carbocycles. The summed E-state index contributed by atoms with van der Waals surface area (Å²) in [4.78, 5) is 12.9. The highest BCUT2D eigenvalue weighted by molar-refractivity contribution is 5.68. The van der Waals surface area contributed by atoms with Gasteiger partial charge in [0.05, 0.1) is 31.0 Å². The van der Waals surface area contributed by atoms with Crippen LogP contribution in [0.25, 0.3) is 0 Å². The van der Waals surface area contributed by atoms with Crippen molar-refractivity contribution < 1.29 is 44.2 Å². The molecule has 12 unspecified atom stereocenters. The van der Waals surface area contributed by atoms with Gasteiger partial charge in [0.2, 0.25) is 0 Å². The van der Waals surface area contributed by atoms with E-state index < -0.39 is 67.1 Å². The highest BCUT2D eigenvalue weighted by Gasteiger charge is 2.52. The fourth-order valence-corrected chi connectivity index (χ4v) is 6.12. The number of aliphatic hydroxyl groups excluding tert-OH is 4. The molecule has 2 saturated heterocycles. The van der Waals surface area contributed by atoms with Gasteiger partial charge in [-0.25, -0.2) is 4.79 Å². The second kappa shape index (κ2) is 14.2. The Morgan fingerprint density at radius 1 is 1.03 bits per heavy atom. The summed E-state index contributed by atoms with van der Waals surface area (Å²) in [6.07, 6.45) is -2.90. The van der Waals surface area contributed by atoms with Crippen LogP contribution in [0.2, 0.25) is 0 Å². The number of carbonyl (C=O) groups is 1. The van der Waals surface area contributed by atoms with Gasteiger partial charge in [0.1, 0.15) is 23.9 Å². The molecular formula is C28H52N2O9. The first-order chi connectivity index (χ1) is 18.4. The van der Waals surface area contributed by atoms with Gasteiger partial charge in [-0.15, -0.1) is 0 Å². The molecule has 11 nitrogen and oxygen atoms in total. The van der Waals surface area contributed by atoms with E-state index in [0.717, 1.165) is 25.7 Å². The number of alkyl carbamates (subject to hydrolysis) is 1. The number of amides is 1. The molecule has 3 aliphatic rings. The molecule has 3 rings (SSSR count). The Balaban J connectivity index is 1.91. The van der Waals surface area contributed by atoms with E-state index in [1.807, 2.05) is 6.92 Å². The van der Waals surface area contributed by atoms with Crippen LogP contribution in [0.4, 0.5) is 4.79 Å². The molecule has 0 radical (unpaired) electrons. The number of carbonyl (C=O) groups excluding carboxylic acids is 1. The largest absolute Gasteiger partial charge is 0.444 e. The maximum Gasteiger partial charge on any atom is 0.407 e. The quantitative estimate of drug-likeness (QED) is 0.244. The van der Waals surface area contributed by atoms with Crippen LogP contribution in [0.3, 0.4) is 0 Å². The molecule has 3 fully saturated rings. The summed E-state index contributed by atoms with van der Waals surface area (Å²) in [5.41, 5.74) is -0.678. The maximum absolute atomic E-state index is 12.9. The summed E-state index contributed by atoms with van der Waals surface area (Å²) in [5.74, 6) is -0.367. The number of ether oxygens (including phenoxy) is 4. The van der Waals surface area contributed by atoms with Crippen molar-refractivity contribution in [2.24, 2.45) is 11.8 Å². The lowest BCUT2D eigenvalue weighted by Gasteiger charge is -2.51. The topological polar surface area (TPSA) is 159 Å². The van der Waals surface area contributed by atoms with Gasteiger partial charge in [0, 0.05) is 24.4 Å². The Kier molecular flexibility index (Phi) is 11.8. The van der Waals surface area contributed by atoms with E-state index in [9.17, 15) is 25.2 Å². The smallest absolute Gasteiger partial charge is 0.407 e. The van der Waals surface area contributed by atoms with Crippen molar-refractivity contribution in [1.82, 2.24) is 10.6 Å². The molecule has 0 aromatic rings. The first-order valence-electron chi connectivity index (χ1n) is 14.7. The third-order valence-corrected chi connectivity index (χ3v) is 8.15. The predicted molar refractivity (Wildman–Crippen MR) is 144 cm³/mol. The van der Waals surface area contributed by atoms with Crippen LogP contribution in [0.5, 0.6) is 0 Å². The molecule has 228 valence electrons. The van der Waals surface area contributed by atoms with Crippen molar-refractivity contribution in [2.75, 3.05) is 13.2 Å². The van der Waals surface area contributed by atoms with E-state index in [1.54, 1.807) is 20.8 Å². The lowest BCUT2D eigenvalue weighted by atomic mass is 9.70. The molecule has 0 spiro atoms. The van der Waals surface area contributed by atoms with Crippen LogP contribution in [-0.4, -0.2) is 106 Å². The molecule has 6 N–H and O–H groups in total. The molecule has 1 amide bonds. The van der Waals surface area contributed by atoms with Crippen LogP contribution in [0.15, 0.2) is 0 Å². The Labute approximate surface area is 232 Å². The number of nitrogens with one attached hydrogen (secondary N) is 2. The summed E-state index contributed by atoms with van der Waals surface area (Å²) in [5, 5.41) is 48.8. The number of hydrogen-bond acceptors (Lipinski definition) is 10. The second-order valence-electron chi connectivity index (χ2n) is 12.5. The zero-order chi connectivity index (χ0) is 28.9. The minimum absolute atomic E-state index is 0.0149. The molecule has 2 heterocycles. The van der Waals surface area contributed by atoms with Gasteiger partial charge >= 0.3 is 6.09 Å². The Morgan fingerprint density at radius 3 is 2.36 bits per heavy atom. The third-order valence-electron chi connectivity index (χ3n) is 8.15. The normalized spacial score (nSPS) is 41.7. The zero-order valence-electron chi connectivity index (χ0n) is 24.4. The molecule has 39 heavy (non-hydrogen) atoms. The van der Waals surface area contributed by atoms with Crippen LogP contribution in [-0.2, 0) is 18.9 Å². The van der Waals surface area contributed by atoms with E-state index in [-0.39, 0.29) is 30.6 Å². The van der Waals surface area contributed by atoms with Gasteiger partial charge in [-0.05, 0) is 65.3 Å². The third kappa shape index (κ3) is 8.48. The Morgan fingerprint density at radius 2 is 1.74 bits per heavy atom. The first-order valence-corrected chi connectivity index (χ1v) is 14.7. The van der Waals surface area contributed by atoms with E-state index >= 15 is 0 Å². The molecular weight excluding hydrogens is 508 g/mol. The number of hydrogen-bond donors (Lipinski definition) is 6. The highest BCUT2D eigenvalue weighted by atomic mass is 16.7. The van der Waals surface area contributed by atoms with E-state index in [2.05, 4.69) is 24.5 Å². The van der Waals surface area contributed by atoms with Crippen molar-refractivity contribution in [1.29, 1.82) is 0 Å². The Bertz CT molecular complexity index is 766. The van der Waals surface area contributed by atoms with E-state index in [0.29, 0.717) is 13.0 Å². The lowest BCUT2D eigenvalue weighted by molar-refractivity contribution is -0.303. The molecule has 1 saturated carbocycles. The molecule has 2 aliphatic heterocycles. The fraction of sp³-hybridized carbons (Fsp3) is 0.964. The van der Waals surface area contributed by atoms with Crippen molar-refractivity contribution in [3.05, 3.63) is 0 Å². The first kappa shape index (κ1) is 32.5. The SMILES string of the molecule is CCCNC1CC(NC(=O)OC(C)(C)C)C(C2OC(CC)CCC2C)C(O)C1OC1OC(CO)C(O)CC1O. The average Bonchev–Trinajstić information content (AvgIpc) is 2.85. The van der Waals surface area contributed by atoms with Gasteiger partial charge in [0.15, 0.2) is 6.29 Å². The van der Waals surface area contributed by atoms with Crippen molar-refractivity contribution in [3.63, 3.8) is 0 Å². The highest BCUT2D eigenvalue weighted by Crippen LogP contribution is 2.40. The van der Waals surface area contributed by atoms with Gasteiger partial charge in [-0.2, -0.15) is 0 Å². The summed E-state index contributed by atoms with van der Waals surface area (Å²) in [6, 6.07) is -0.844. The molecule has 1 aliphatic carbocycles. The fourth-order valence-electron chi connectivity index (χ4n) is 6.12. The minimum atomic E-state index is -1.14. The minimum Gasteiger partial charge on any atom is -0.444 e. The summed E-state index contributed by atoms with van der Waals surface area (Å²) in [7, 11) is 0. The van der Waals surface area contributed by atoms with Gasteiger partial charge in [-0.3, -0.25) is 0 Å².